The lowest BCUT2D eigenvalue weighted by Gasteiger charge is -2.29. The molecule has 0 fully saturated rings. The van der Waals surface area contributed by atoms with Crippen molar-refractivity contribution in [3.63, 3.8) is 0 Å². The van der Waals surface area contributed by atoms with Crippen LogP contribution < -0.4 is 0 Å². The molecule has 0 saturated carbocycles. The Morgan fingerprint density at radius 1 is 0.700 bits per heavy atom. The van der Waals surface area contributed by atoms with Gasteiger partial charge in [0.05, 0.1) is 6.61 Å². The lowest BCUT2D eigenvalue weighted by atomic mass is 9.95. The van der Waals surface area contributed by atoms with E-state index in [2.05, 4.69) is 46.4 Å². The van der Waals surface area contributed by atoms with E-state index in [9.17, 15) is 4.79 Å². The molecule has 4 nitrogen and oxygen atoms in total. The van der Waals surface area contributed by atoms with Crippen LogP contribution in [0.25, 0.3) is 0 Å². The summed E-state index contributed by atoms with van der Waals surface area (Å²) in [6.45, 7) is 16.3. The van der Waals surface area contributed by atoms with Crippen molar-refractivity contribution in [1.29, 1.82) is 0 Å². The van der Waals surface area contributed by atoms with E-state index < -0.39 is 0 Å². The third-order valence-electron chi connectivity index (χ3n) is 6.47. The molecule has 0 aliphatic heterocycles. The number of unbranched alkanes of at least 4 members (excludes halogenated alkanes) is 3. The molecular formula is C26H53NO3. The molecule has 0 aromatic rings. The highest BCUT2D eigenvalue weighted by atomic mass is 17.2. The molecule has 0 saturated heterocycles. The molecule has 0 N–H and O–H groups in total. The van der Waals surface area contributed by atoms with Crippen molar-refractivity contribution >= 4 is 5.97 Å². The van der Waals surface area contributed by atoms with Crippen LogP contribution in [-0.4, -0.2) is 37.1 Å². The summed E-state index contributed by atoms with van der Waals surface area (Å²) in [5.74, 6) is 1.55. The van der Waals surface area contributed by atoms with Gasteiger partial charge in [-0.15, -0.1) is 0 Å². The Hall–Kier alpha value is -0.610. The lowest BCUT2D eigenvalue weighted by molar-refractivity contribution is -0.279. The topological polar surface area (TPSA) is 38.8 Å². The van der Waals surface area contributed by atoms with E-state index in [1.165, 1.54) is 64.2 Å². The average molecular weight is 428 g/mol. The molecule has 0 radical (unpaired) electrons. The quantitative estimate of drug-likeness (QED) is 0.141. The third kappa shape index (κ3) is 15.2. The Kier molecular flexibility index (Phi) is 19.9. The van der Waals surface area contributed by atoms with Crippen LogP contribution >= 0.6 is 0 Å². The average Bonchev–Trinajstić information content (AvgIpc) is 2.75. The summed E-state index contributed by atoms with van der Waals surface area (Å²) in [6, 6.07) is 0. The van der Waals surface area contributed by atoms with Crippen molar-refractivity contribution in [2.45, 2.75) is 119 Å². The van der Waals surface area contributed by atoms with Crippen molar-refractivity contribution in [2.75, 3.05) is 26.2 Å². The maximum Gasteiger partial charge on any atom is 0.356 e. The van der Waals surface area contributed by atoms with E-state index in [0.29, 0.717) is 30.9 Å². The number of hydrogen-bond donors (Lipinski definition) is 0. The summed E-state index contributed by atoms with van der Waals surface area (Å²) in [5.41, 5.74) is 0. The zero-order chi connectivity index (χ0) is 22.6. The Balaban J connectivity index is 4.72. The SMILES string of the molecule is CCCCC(CC)COOC(=O)CN(CC(CC)CCCC)CC(CC)CCCC. The smallest absolute Gasteiger partial charge is 0.297 e. The molecular weight excluding hydrogens is 374 g/mol. The fourth-order valence-corrected chi connectivity index (χ4v) is 4.07. The van der Waals surface area contributed by atoms with Crippen molar-refractivity contribution in [2.24, 2.45) is 17.8 Å². The Bertz CT molecular complexity index is 370. The highest BCUT2D eigenvalue weighted by molar-refractivity contribution is 5.71. The number of rotatable bonds is 21. The molecule has 0 rings (SSSR count). The molecule has 0 aromatic heterocycles. The van der Waals surface area contributed by atoms with Crippen LogP contribution in [0.1, 0.15) is 119 Å². The maximum atomic E-state index is 12.5. The standard InChI is InChI=1S/C26H53NO3/c1-7-13-16-23(10-4)19-27(20-24(11-5)17-14-8-2)21-26(28)30-29-22-25(12-6)18-15-9-3/h23-25H,7-22H2,1-6H3. The van der Waals surface area contributed by atoms with Gasteiger partial charge in [-0.2, -0.15) is 4.89 Å². The highest BCUT2D eigenvalue weighted by Crippen LogP contribution is 2.19. The molecule has 0 amide bonds. The number of carbonyl (C=O) groups is 1. The van der Waals surface area contributed by atoms with E-state index in [0.717, 1.165) is 25.9 Å². The van der Waals surface area contributed by atoms with Crippen LogP contribution in [0, 0.1) is 17.8 Å². The van der Waals surface area contributed by atoms with Crippen molar-refractivity contribution in [3.05, 3.63) is 0 Å². The summed E-state index contributed by atoms with van der Waals surface area (Å²) in [5, 5.41) is 0. The maximum absolute atomic E-state index is 12.5. The van der Waals surface area contributed by atoms with Gasteiger partial charge in [-0.3, -0.25) is 9.79 Å². The predicted octanol–water partition coefficient (Wildman–Crippen LogP) is 7.41. The molecule has 0 bridgehead atoms. The molecule has 0 spiro atoms. The van der Waals surface area contributed by atoms with E-state index in [4.69, 9.17) is 9.78 Å². The summed E-state index contributed by atoms with van der Waals surface area (Å²) in [4.78, 5) is 25.4. The predicted molar refractivity (Wildman–Crippen MR) is 128 cm³/mol. The molecule has 0 aromatic carbocycles. The van der Waals surface area contributed by atoms with E-state index in [1.54, 1.807) is 0 Å². The Morgan fingerprint density at radius 2 is 1.13 bits per heavy atom. The second-order valence-corrected chi connectivity index (χ2v) is 9.18. The molecule has 30 heavy (non-hydrogen) atoms. The summed E-state index contributed by atoms with van der Waals surface area (Å²) >= 11 is 0. The van der Waals surface area contributed by atoms with Gasteiger partial charge in [0, 0.05) is 13.1 Å². The van der Waals surface area contributed by atoms with Gasteiger partial charge >= 0.3 is 5.97 Å². The van der Waals surface area contributed by atoms with E-state index >= 15 is 0 Å². The fourth-order valence-electron chi connectivity index (χ4n) is 4.07. The molecule has 3 unspecified atom stereocenters. The second kappa shape index (κ2) is 20.3. The van der Waals surface area contributed by atoms with E-state index in [-0.39, 0.29) is 5.97 Å². The number of hydrogen-bond acceptors (Lipinski definition) is 4. The molecule has 4 heteroatoms. The van der Waals surface area contributed by atoms with Crippen LogP contribution in [0.15, 0.2) is 0 Å². The first-order chi connectivity index (χ1) is 14.5. The van der Waals surface area contributed by atoms with Gasteiger partial charge in [-0.25, -0.2) is 4.79 Å². The Morgan fingerprint density at radius 3 is 1.53 bits per heavy atom. The third-order valence-corrected chi connectivity index (χ3v) is 6.47. The molecule has 0 aliphatic rings. The first-order valence-electron chi connectivity index (χ1n) is 13.1. The van der Waals surface area contributed by atoms with Gasteiger partial charge in [-0.05, 0) is 37.0 Å². The van der Waals surface area contributed by atoms with Gasteiger partial charge in [0.2, 0.25) is 0 Å². The van der Waals surface area contributed by atoms with Crippen LogP contribution in [0.5, 0.6) is 0 Å². The van der Waals surface area contributed by atoms with Crippen molar-refractivity contribution < 1.29 is 14.6 Å². The minimum atomic E-state index is -0.240. The summed E-state index contributed by atoms with van der Waals surface area (Å²) in [6.07, 6.45) is 14.4. The first kappa shape index (κ1) is 29.4. The van der Waals surface area contributed by atoms with Gasteiger partial charge < -0.3 is 0 Å². The summed E-state index contributed by atoms with van der Waals surface area (Å²) < 4.78 is 0. The monoisotopic (exact) mass is 427 g/mol. The molecule has 3 atom stereocenters. The van der Waals surface area contributed by atoms with Gasteiger partial charge in [0.1, 0.15) is 6.54 Å². The zero-order valence-corrected chi connectivity index (χ0v) is 21.2. The minimum Gasteiger partial charge on any atom is -0.297 e. The molecule has 180 valence electrons. The van der Waals surface area contributed by atoms with Crippen LogP contribution in [0.4, 0.5) is 0 Å². The summed E-state index contributed by atoms with van der Waals surface area (Å²) in [7, 11) is 0. The van der Waals surface area contributed by atoms with Crippen molar-refractivity contribution in [3.8, 4) is 0 Å². The van der Waals surface area contributed by atoms with Crippen LogP contribution in [-0.2, 0) is 14.6 Å². The van der Waals surface area contributed by atoms with Crippen LogP contribution in [0.2, 0.25) is 0 Å². The number of nitrogens with zero attached hydrogens (tertiary/aromatic N) is 1. The van der Waals surface area contributed by atoms with Gasteiger partial charge in [0.15, 0.2) is 0 Å². The van der Waals surface area contributed by atoms with Crippen molar-refractivity contribution in [1.82, 2.24) is 4.90 Å². The zero-order valence-electron chi connectivity index (χ0n) is 21.2. The first-order valence-corrected chi connectivity index (χ1v) is 13.1. The van der Waals surface area contributed by atoms with E-state index in [1.807, 2.05) is 0 Å². The number of carbonyl (C=O) groups excluding carboxylic acids is 1. The molecule has 0 heterocycles. The lowest BCUT2D eigenvalue weighted by Crippen LogP contribution is -2.38. The highest BCUT2D eigenvalue weighted by Gasteiger charge is 2.20. The minimum absolute atomic E-state index is 0.240. The fraction of sp³-hybridized carbons (Fsp3) is 0.962. The second-order valence-electron chi connectivity index (χ2n) is 9.18. The Labute approximate surface area is 188 Å². The van der Waals surface area contributed by atoms with Gasteiger partial charge in [0.25, 0.3) is 0 Å². The van der Waals surface area contributed by atoms with Gasteiger partial charge in [-0.1, -0.05) is 99.3 Å². The molecule has 0 aliphatic carbocycles. The van der Waals surface area contributed by atoms with Crippen LogP contribution in [0.3, 0.4) is 0 Å². The normalized spacial score (nSPS) is 14.6. The largest absolute Gasteiger partial charge is 0.356 e.